The van der Waals surface area contributed by atoms with E-state index in [0.717, 1.165) is 30.2 Å². The average molecular weight is 373 g/mol. The van der Waals surface area contributed by atoms with Gasteiger partial charge in [-0.1, -0.05) is 31.0 Å². The van der Waals surface area contributed by atoms with Gasteiger partial charge < -0.3 is 10.2 Å². The summed E-state index contributed by atoms with van der Waals surface area (Å²) in [4.78, 5) is 18.7. The average Bonchev–Trinajstić information content (AvgIpc) is 3.04. The van der Waals surface area contributed by atoms with Crippen LogP contribution in [0.3, 0.4) is 0 Å². The fourth-order valence-corrected chi connectivity index (χ4v) is 3.40. The van der Waals surface area contributed by atoms with Crippen molar-refractivity contribution in [3.05, 3.63) is 66.5 Å². The lowest BCUT2D eigenvalue weighted by Gasteiger charge is -2.20. The number of carbonyl (C=O) groups is 1. The van der Waals surface area contributed by atoms with E-state index in [1.807, 2.05) is 36.4 Å². The van der Waals surface area contributed by atoms with Gasteiger partial charge in [-0.3, -0.25) is 9.78 Å². The third-order valence-electron chi connectivity index (χ3n) is 4.89. The van der Waals surface area contributed by atoms with Crippen molar-refractivity contribution < 1.29 is 4.79 Å². The molecule has 28 heavy (non-hydrogen) atoms. The Morgan fingerprint density at radius 1 is 0.893 bits per heavy atom. The summed E-state index contributed by atoms with van der Waals surface area (Å²) >= 11 is 0. The van der Waals surface area contributed by atoms with Gasteiger partial charge in [0.1, 0.15) is 5.69 Å². The van der Waals surface area contributed by atoms with Crippen LogP contribution in [0.1, 0.15) is 36.2 Å². The Hall–Kier alpha value is -3.28. The van der Waals surface area contributed by atoms with Crippen LogP contribution in [0.25, 0.3) is 11.3 Å². The Balaban J connectivity index is 1.48. The van der Waals surface area contributed by atoms with Crippen LogP contribution in [0, 0.1) is 0 Å². The molecule has 3 aromatic rings. The Labute approximate surface area is 164 Å². The van der Waals surface area contributed by atoms with Gasteiger partial charge in [0.15, 0.2) is 5.82 Å². The van der Waals surface area contributed by atoms with Crippen LogP contribution in [0.5, 0.6) is 0 Å². The molecule has 0 bridgehead atoms. The van der Waals surface area contributed by atoms with E-state index in [2.05, 4.69) is 25.4 Å². The predicted molar refractivity (Wildman–Crippen MR) is 110 cm³/mol. The fraction of sp³-hybridized carbons (Fsp3) is 0.273. The molecule has 1 aromatic carbocycles. The van der Waals surface area contributed by atoms with Crippen molar-refractivity contribution in [3.8, 4) is 11.3 Å². The summed E-state index contributed by atoms with van der Waals surface area (Å²) in [5, 5.41) is 11.7. The second-order valence-corrected chi connectivity index (χ2v) is 6.93. The molecule has 1 amide bonds. The van der Waals surface area contributed by atoms with Crippen molar-refractivity contribution in [1.82, 2.24) is 15.2 Å². The topological polar surface area (TPSA) is 71.0 Å². The zero-order chi connectivity index (χ0) is 19.2. The molecular formula is C22H23N5O. The molecule has 4 rings (SSSR count). The molecule has 6 nitrogen and oxygen atoms in total. The Morgan fingerprint density at radius 2 is 1.75 bits per heavy atom. The number of hydrogen-bond acceptors (Lipinski definition) is 5. The highest BCUT2D eigenvalue weighted by Gasteiger charge is 2.12. The van der Waals surface area contributed by atoms with Crippen LogP contribution in [-0.2, 0) is 0 Å². The molecular weight excluding hydrogens is 350 g/mol. The van der Waals surface area contributed by atoms with Gasteiger partial charge in [-0.2, -0.15) is 0 Å². The molecule has 1 fully saturated rings. The molecule has 0 saturated carbocycles. The molecule has 0 atom stereocenters. The first-order valence-corrected chi connectivity index (χ1v) is 9.71. The minimum absolute atomic E-state index is 0.236. The first-order chi connectivity index (χ1) is 13.8. The summed E-state index contributed by atoms with van der Waals surface area (Å²) in [6.45, 7) is 2.09. The molecule has 0 aliphatic carbocycles. The minimum Gasteiger partial charge on any atom is -0.355 e. The van der Waals surface area contributed by atoms with Gasteiger partial charge in [0.25, 0.3) is 5.91 Å². The summed E-state index contributed by atoms with van der Waals surface area (Å²) in [5.74, 6) is 0.700. The van der Waals surface area contributed by atoms with E-state index < -0.39 is 0 Å². The van der Waals surface area contributed by atoms with Crippen molar-refractivity contribution in [3.63, 3.8) is 0 Å². The standard InChI is InChI=1S/C22H23N5O/c28-22(20-10-3-4-13-23-20)24-18-9-7-8-17(16-18)19-11-12-21(26-25-19)27-14-5-1-2-6-15-27/h3-4,7-13,16H,1-2,5-6,14-15H2,(H,24,28). The van der Waals surface area contributed by atoms with Gasteiger partial charge in [-0.25, -0.2) is 0 Å². The lowest BCUT2D eigenvalue weighted by molar-refractivity contribution is 0.102. The predicted octanol–water partition coefficient (Wildman–Crippen LogP) is 4.17. The van der Waals surface area contributed by atoms with Crippen LogP contribution >= 0.6 is 0 Å². The molecule has 1 saturated heterocycles. The molecule has 1 aliphatic rings. The van der Waals surface area contributed by atoms with Crippen LogP contribution in [0.4, 0.5) is 11.5 Å². The molecule has 0 spiro atoms. The monoisotopic (exact) mass is 373 g/mol. The number of pyridine rings is 1. The highest BCUT2D eigenvalue weighted by atomic mass is 16.1. The summed E-state index contributed by atoms with van der Waals surface area (Å²) in [5.41, 5.74) is 2.78. The normalized spacial score (nSPS) is 14.4. The number of nitrogens with zero attached hydrogens (tertiary/aromatic N) is 4. The van der Waals surface area contributed by atoms with E-state index >= 15 is 0 Å². The number of amides is 1. The number of rotatable bonds is 4. The highest BCUT2D eigenvalue weighted by molar-refractivity contribution is 6.03. The second-order valence-electron chi connectivity index (χ2n) is 6.93. The van der Waals surface area contributed by atoms with Crippen LogP contribution in [-0.4, -0.2) is 34.2 Å². The summed E-state index contributed by atoms with van der Waals surface area (Å²) in [6, 6.07) is 16.9. The number of anilines is 2. The number of carbonyl (C=O) groups excluding carboxylic acids is 1. The molecule has 0 unspecified atom stereocenters. The van der Waals surface area contributed by atoms with E-state index in [1.54, 1.807) is 24.4 Å². The van der Waals surface area contributed by atoms with Crippen LogP contribution < -0.4 is 10.2 Å². The fourth-order valence-electron chi connectivity index (χ4n) is 3.40. The number of benzene rings is 1. The van der Waals surface area contributed by atoms with E-state index in [0.29, 0.717) is 11.4 Å². The van der Waals surface area contributed by atoms with Crippen molar-refractivity contribution in [2.45, 2.75) is 25.7 Å². The maximum absolute atomic E-state index is 12.3. The van der Waals surface area contributed by atoms with Crippen molar-refractivity contribution >= 4 is 17.4 Å². The zero-order valence-corrected chi connectivity index (χ0v) is 15.7. The number of hydrogen-bond donors (Lipinski definition) is 1. The first kappa shape index (κ1) is 18.1. The van der Waals surface area contributed by atoms with Gasteiger partial charge in [-0.15, -0.1) is 10.2 Å². The summed E-state index contributed by atoms with van der Waals surface area (Å²) in [6.07, 6.45) is 6.60. The quantitative estimate of drug-likeness (QED) is 0.743. The summed E-state index contributed by atoms with van der Waals surface area (Å²) < 4.78 is 0. The van der Waals surface area contributed by atoms with Gasteiger partial charge in [0.2, 0.25) is 0 Å². The van der Waals surface area contributed by atoms with E-state index in [9.17, 15) is 4.79 Å². The molecule has 1 N–H and O–H groups in total. The van der Waals surface area contributed by atoms with E-state index in [4.69, 9.17) is 0 Å². The number of aromatic nitrogens is 3. The van der Waals surface area contributed by atoms with Gasteiger partial charge >= 0.3 is 0 Å². The van der Waals surface area contributed by atoms with Crippen molar-refractivity contribution in [2.75, 3.05) is 23.3 Å². The van der Waals surface area contributed by atoms with E-state index in [-0.39, 0.29) is 5.91 Å². The smallest absolute Gasteiger partial charge is 0.274 e. The maximum atomic E-state index is 12.3. The zero-order valence-electron chi connectivity index (χ0n) is 15.7. The third-order valence-corrected chi connectivity index (χ3v) is 4.89. The Bertz CT molecular complexity index is 919. The largest absolute Gasteiger partial charge is 0.355 e. The molecule has 3 heterocycles. The molecule has 2 aromatic heterocycles. The highest BCUT2D eigenvalue weighted by Crippen LogP contribution is 2.23. The van der Waals surface area contributed by atoms with E-state index in [1.165, 1.54) is 25.7 Å². The molecule has 142 valence electrons. The third kappa shape index (κ3) is 4.34. The van der Waals surface area contributed by atoms with Crippen molar-refractivity contribution in [1.29, 1.82) is 0 Å². The Morgan fingerprint density at radius 3 is 2.46 bits per heavy atom. The van der Waals surface area contributed by atoms with Crippen molar-refractivity contribution in [2.24, 2.45) is 0 Å². The first-order valence-electron chi connectivity index (χ1n) is 9.71. The SMILES string of the molecule is O=C(Nc1cccc(-c2ccc(N3CCCCCC3)nn2)c1)c1ccccn1. The van der Waals surface area contributed by atoms with Gasteiger partial charge in [0, 0.05) is 30.5 Å². The Kier molecular flexibility index (Phi) is 5.56. The van der Waals surface area contributed by atoms with Crippen LogP contribution in [0.2, 0.25) is 0 Å². The molecule has 0 radical (unpaired) electrons. The minimum atomic E-state index is -0.236. The maximum Gasteiger partial charge on any atom is 0.274 e. The van der Waals surface area contributed by atoms with Crippen LogP contribution in [0.15, 0.2) is 60.8 Å². The second kappa shape index (κ2) is 8.61. The lowest BCUT2D eigenvalue weighted by Crippen LogP contribution is -2.25. The number of nitrogens with one attached hydrogen (secondary N) is 1. The van der Waals surface area contributed by atoms with Gasteiger partial charge in [-0.05, 0) is 49.2 Å². The summed E-state index contributed by atoms with van der Waals surface area (Å²) in [7, 11) is 0. The molecule has 1 aliphatic heterocycles. The lowest BCUT2D eigenvalue weighted by atomic mass is 10.1. The van der Waals surface area contributed by atoms with Gasteiger partial charge in [0.05, 0.1) is 5.69 Å². The molecule has 6 heteroatoms.